The average Bonchev–Trinajstić information content (AvgIpc) is 3.65. The van der Waals surface area contributed by atoms with Gasteiger partial charge in [-0.15, -0.1) is 0 Å². The number of benzene rings is 1. The molecule has 1 aliphatic heterocycles. The topological polar surface area (TPSA) is 86.7 Å². The van der Waals surface area contributed by atoms with Gasteiger partial charge in [-0.25, -0.2) is 4.79 Å². The second kappa shape index (κ2) is 11.5. The summed E-state index contributed by atoms with van der Waals surface area (Å²) in [5.74, 6) is 2.85. The third-order valence-corrected chi connectivity index (χ3v) is 15.0. The van der Waals surface area contributed by atoms with Crippen LogP contribution >= 0.6 is 0 Å². The Morgan fingerprint density at radius 2 is 1.67 bits per heavy atom. The summed E-state index contributed by atoms with van der Waals surface area (Å²) in [5, 5.41) is 12.8. The van der Waals surface area contributed by atoms with Crippen LogP contribution in [0.25, 0.3) is 5.57 Å². The second-order valence-corrected chi connectivity index (χ2v) is 17.2. The Balaban J connectivity index is 1.07. The third-order valence-electron chi connectivity index (χ3n) is 15.0. The first-order valence-electron chi connectivity index (χ1n) is 18.5. The van der Waals surface area contributed by atoms with Crippen LogP contribution < -0.4 is 5.32 Å². The van der Waals surface area contributed by atoms with Gasteiger partial charge in [0.2, 0.25) is 11.8 Å². The largest absolute Gasteiger partial charge is 0.478 e. The molecule has 5 aliphatic carbocycles. The zero-order chi connectivity index (χ0) is 32.5. The summed E-state index contributed by atoms with van der Waals surface area (Å²) in [6, 6.07) is 7.53. The van der Waals surface area contributed by atoms with E-state index in [1.807, 2.05) is 17.0 Å². The maximum atomic E-state index is 14.0. The number of likely N-dealkylation sites (tertiary alicyclic amines) is 1. The predicted octanol–water partition coefficient (Wildman–Crippen LogP) is 7.97. The molecule has 1 aromatic rings. The molecule has 4 saturated carbocycles. The maximum absolute atomic E-state index is 14.0. The summed E-state index contributed by atoms with van der Waals surface area (Å²) < 4.78 is 0. The van der Waals surface area contributed by atoms with E-state index in [0.717, 1.165) is 45.2 Å². The van der Waals surface area contributed by atoms with Gasteiger partial charge in [0.05, 0.1) is 11.0 Å². The first-order chi connectivity index (χ1) is 21.9. The van der Waals surface area contributed by atoms with Crippen LogP contribution in [-0.4, -0.2) is 47.4 Å². The number of carboxylic acid groups (broad SMARTS) is 1. The molecule has 0 spiro atoms. The smallest absolute Gasteiger partial charge is 0.335 e. The number of aromatic carboxylic acids is 1. The van der Waals surface area contributed by atoms with Crippen molar-refractivity contribution in [3.8, 4) is 0 Å². The summed E-state index contributed by atoms with van der Waals surface area (Å²) in [6.07, 6.45) is 16.8. The van der Waals surface area contributed by atoms with Crippen LogP contribution in [0.5, 0.6) is 0 Å². The molecule has 7 rings (SSSR count). The van der Waals surface area contributed by atoms with Crippen molar-refractivity contribution in [1.29, 1.82) is 0 Å². The summed E-state index contributed by atoms with van der Waals surface area (Å²) in [5.41, 5.74) is 3.28. The normalized spacial score (nSPS) is 39.5. The van der Waals surface area contributed by atoms with Crippen molar-refractivity contribution in [3.63, 3.8) is 0 Å². The van der Waals surface area contributed by atoms with E-state index in [1.54, 1.807) is 12.1 Å². The fourth-order valence-electron chi connectivity index (χ4n) is 13.1. The van der Waals surface area contributed by atoms with Gasteiger partial charge in [-0.3, -0.25) is 9.59 Å². The van der Waals surface area contributed by atoms with E-state index in [2.05, 4.69) is 39.1 Å². The Hall–Kier alpha value is -2.63. The van der Waals surface area contributed by atoms with Crippen molar-refractivity contribution in [2.75, 3.05) is 19.6 Å². The van der Waals surface area contributed by atoms with E-state index in [9.17, 15) is 19.5 Å². The van der Waals surface area contributed by atoms with Gasteiger partial charge in [-0.2, -0.15) is 0 Å². The minimum atomic E-state index is -0.872. The van der Waals surface area contributed by atoms with Crippen molar-refractivity contribution < 1.29 is 19.5 Å². The van der Waals surface area contributed by atoms with Gasteiger partial charge >= 0.3 is 5.97 Å². The number of nitrogens with zero attached hydrogens (tertiary/aromatic N) is 1. The van der Waals surface area contributed by atoms with E-state index in [1.165, 1.54) is 56.1 Å². The van der Waals surface area contributed by atoms with Crippen LogP contribution in [0.2, 0.25) is 0 Å². The van der Waals surface area contributed by atoms with Crippen LogP contribution in [0.15, 0.2) is 30.3 Å². The molecule has 46 heavy (non-hydrogen) atoms. The van der Waals surface area contributed by atoms with Crippen molar-refractivity contribution in [3.05, 3.63) is 41.5 Å². The predicted molar refractivity (Wildman–Crippen MR) is 181 cm³/mol. The van der Waals surface area contributed by atoms with Gasteiger partial charge in [-0.1, -0.05) is 52.3 Å². The van der Waals surface area contributed by atoms with Gasteiger partial charge < -0.3 is 15.3 Å². The highest BCUT2D eigenvalue weighted by molar-refractivity contribution is 5.88. The van der Waals surface area contributed by atoms with Crippen LogP contribution in [0.4, 0.5) is 0 Å². The third kappa shape index (κ3) is 4.81. The Morgan fingerprint density at radius 1 is 0.891 bits per heavy atom. The molecular formula is C40H56N2O4. The lowest BCUT2D eigenvalue weighted by atomic mass is 9.36. The lowest BCUT2D eigenvalue weighted by Crippen LogP contribution is -2.62. The van der Waals surface area contributed by atoms with Gasteiger partial charge in [0.1, 0.15) is 0 Å². The first-order valence-corrected chi connectivity index (χ1v) is 18.5. The molecule has 6 aliphatic rings. The van der Waals surface area contributed by atoms with Crippen LogP contribution in [-0.2, 0) is 9.59 Å². The van der Waals surface area contributed by atoms with Crippen molar-refractivity contribution in [2.24, 2.45) is 51.2 Å². The highest BCUT2D eigenvalue weighted by Crippen LogP contribution is 2.73. The molecule has 6 nitrogen and oxygen atoms in total. The lowest BCUT2D eigenvalue weighted by Gasteiger charge is -2.68. The van der Waals surface area contributed by atoms with Crippen molar-refractivity contribution in [1.82, 2.24) is 10.2 Å². The van der Waals surface area contributed by atoms with Gasteiger partial charge in [0.15, 0.2) is 0 Å². The molecule has 250 valence electrons. The molecule has 8 atom stereocenters. The highest BCUT2D eigenvalue weighted by Gasteiger charge is 2.66. The SMILES string of the molecule is CC1(C)C(c2ccc(C(=O)O)cc2)=CC[C@@]2(C)C1CC[C@@]1(C)C3CC[C@@]4(C(=O)NCCCN5CCCC5=O)CCCC4[C@H]3CCC12. The highest BCUT2D eigenvalue weighted by atomic mass is 16.4. The zero-order valence-corrected chi connectivity index (χ0v) is 28.7. The van der Waals surface area contributed by atoms with Gasteiger partial charge in [-0.05, 0) is 140 Å². The van der Waals surface area contributed by atoms with Gasteiger partial charge in [0, 0.05) is 26.1 Å². The zero-order valence-electron chi connectivity index (χ0n) is 28.7. The summed E-state index contributed by atoms with van der Waals surface area (Å²) >= 11 is 0. The number of carboxylic acids is 1. The number of allylic oxidation sites excluding steroid dienone is 2. The summed E-state index contributed by atoms with van der Waals surface area (Å²) in [4.78, 5) is 39.4. The first kappa shape index (κ1) is 31.9. The van der Waals surface area contributed by atoms with E-state index >= 15 is 0 Å². The Morgan fingerprint density at radius 3 is 2.39 bits per heavy atom. The minimum absolute atomic E-state index is 0.0171. The molecular weight excluding hydrogens is 572 g/mol. The van der Waals surface area contributed by atoms with Gasteiger partial charge in [0.25, 0.3) is 0 Å². The molecule has 4 unspecified atom stereocenters. The molecule has 2 amide bonds. The van der Waals surface area contributed by atoms with Crippen molar-refractivity contribution >= 4 is 23.4 Å². The molecule has 6 heteroatoms. The number of amides is 2. The number of carbonyl (C=O) groups excluding carboxylic acids is 2. The molecule has 0 aromatic heterocycles. The van der Waals surface area contributed by atoms with Crippen LogP contribution in [0.1, 0.15) is 127 Å². The van der Waals surface area contributed by atoms with Crippen molar-refractivity contribution in [2.45, 2.75) is 111 Å². The number of carbonyl (C=O) groups is 3. The Kier molecular flexibility index (Phi) is 7.99. The standard InChI is InChI=1S/C40H56N2O4/c1-37(2)29(26-10-12-27(13-11-26)35(44)45)16-20-39(4)32(37)18-21-38(3)30-17-22-40(19-5-8-31(40)28(30)14-15-33(38)39)36(46)41-23-7-25-42-24-6-9-34(42)43/h10-13,16,28,30-33H,5-9,14-15,17-25H2,1-4H3,(H,41,46)(H,44,45)/t28-,30?,31?,32?,33?,38-,39-,40-/m0/s1. The number of hydrogen-bond acceptors (Lipinski definition) is 3. The van der Waals surface area contributed by atoms with E-state index in [4.69, 9.17) is 0 Å². The monoisotopic (exact) mass is 628 g/mol. The van der Waals surface area contributed by atoms with E-state index < -0.39 is 5.97 Å². The Bertz CT molecular complexity index is 1410. The second-order valence-electron chi connectivity index (χ2n) is 17.2. The maximum Gasteiger partial charge on any atom is 0.335 e. The molecule has 5 fully saturated rings. The number of nitrogens with one attached hydrogen (secondary N) is 1. The quantitative estimate of drug-likeness (QED) is 0.300. The lowest BCUT2D eigenvalue weighted by molar-refractivity contribution is -0.181. The molecule has 1 heterocycles. The fraction of sp³-hybridized carbons (Fsp3) is 0.725. The number of fused-ring (bicyclic) bond motifs is 7. The van der Waals surface area contributed by atoms with Crippen LogP contribution in [0, 0.1) is 51.2 Å². The average molecular weight is 629 g/mol. The fourth-order valence-corrected chi connectivity index (χ4v) is 13.1. The summed E-state index contributed by atoms with van der Waals surface area (Å²) in [7, 11) is 0. The molecule has 1 saturated heterocycles. The minimum Gasteiger partial charge on any atom is -0.478 e. The van der Waals surface area contributed by atoms with E-state index in [-0.39, 0.29) is 22.2 Å². The number of rotatable bonds is 7. The summed E-state index contributed by atoms with van der Waals surface area (Å²) in [6.45, 7) is 12.5. The number of hydrogen-bond donors (Lipinski definition) is 2. The molecule has 0 bridgehead atoms. The molecule has 0 radical (unpaired) electrons. The molecule has 1 aromatic carbocycles. The van der Waals surface area contributed by atoms with E-state index in [0.29, 0.717) is 59.4 Å². The van der Waals surface area contributed by atoms with Crippen LogP contribution in [0.3, 0.4) is 0 Å². The molecule has 2 N–H and O–H groups in total. The Labute approximate surface area is 276 Å².